The van der Waals surface area contributed by atoms with Crippen molar-refractivity contribution >= 4 is 17.2 Å². The Labute approximate surface area is 74.8 Å². The van der Waals surface area contributed by atoms with Gasteiger partial charge in [0, 0.05) is 0 Å². The van der Waals surface area contributed by atoms with E-state index < -0.39 is 0 Å². The molecule has 0 aliphatic heterocycles. The van der Waals surface area contributed by atoms with Gasteiger partial charge in [-0.2, -0.15) is 0 Å². The number of hydrogen-bond donors (Lipinski definition) is 1. The summed E-state index contributed by atoms with van der Waals surface area (Å²) in [6.45, 7) is 7.69. The van der Waals surface area contributed by atoms with Crippen molar-refractivity contribution in [2.75, 3.05) is 19.6 Å². The molecule has 0 aromatic heterocycles. The van der Waals surface area contributed by atoms with E-state index in [-0.39, 0.29) is 0 Å². The van der Waals surface area contributed by atoms with Crippen LogP contribution in [0.25, 0.3) is 0 Å². The molecule has 0 saturated heterocycles. The van der Waals surface area contributed by atoms with Crippen molar-refractivity contribution in [3.8, 4) is 0 Å². The van der Waals surface area contributed by atoms with Crippen molar-refractivity contribution < 1.29 is 0 Å². The standard InChI is InChI=1S/C8H18N2S/c1-3-10(4-2)7-5-6-8(9)11/h3-7H2,1-2H3,(H2,9,11). The molecule has 0 radical (unpaired) electrons. The molecule has 11 heavy (non-hydrogen) atoms. The molecule has 0 amide bonds. The summed E-state index contributed by atoms with van der Waals surface area (Å²) < 4.78 is 0. The molecule has 2 N–H and O–H groups in total. The molecule has 3 heteroatoms. The number of rotatable bonds is 6. The van der Waals surface area contributed by atoms with E-state index >= 15 is 0 Å². The second-order valence-corrected chi connectivity index (χ2v) is 3.12. The van der Waals surface area contributed by atoms with Crippen molar-refractivity contribution in [1.82, 2.24) is 4.90 Å². The van der Waals surface area contributed by atoms with E-state index in [0.717, 1.165) is 32.5 Å². The Hall–Kier alpha value is -0.150. The molecule has 66 valence electrons. The molecule has 0 spiro atoms. The van der Waals surface area contributed by atoms with Gasteiger partial charge in [-0.05, 0) is 32.5 Å². The van der Waals surface area contributed by atoms with Crippen LogP contribution in [-0.2, 0) is 0 Å². The molecule has 0 unspecified atom stereocenters. The van der Waals surface area contributed by atoms with Crippen LogP contribution < -0.4 is 5.73 Å². The predicted molar refractivity (Wildman–Crippen MR) is 53.8 cm³/mol. The van der Waals surface area contributed by atoms with E-state index in [0.29, 0.717) is 4.99 Å². The highest BCUT2D eigenvalue weighted by Gasteiger charge is 1.97. The zero-order valence-corrected chi connectivity index (χ0v) is 8.28. The van der Waals surface area contributed by atoms with Crippen LogP contribution in [0.1, 0.15) is 26.7 Å². The summed E-state index contributed by atoms with van der Waals surface area (Å²) in [6.07, 6.45) is 1.98. The van der Waals surface area contributed by atoms with Crippen LogP contribution in [0.3, 0.4) is 0 Å². The lowest BCUT2D eigenvalue weighted by atomic mass is 10.3. The van der Waals surface area contributed by atoms with E-state index in [2.05, 4.69) is 18.7 Å². The first-order valence-electron chi connectivity index (χ1n) is 4.21. The highest BCUT2D eigenvalue weighted by atomic mass is 32.1. The average molecular weight is 174 g/mol. The lowest BCUT2D eigenvalue weighted by Crippen LogP contribution is -2.24. The maximum absolute atomic E-state index is 5.37. The van der Waals surface area contributed by atoms with Gasteiger partial charge < -0.3 is 10.6 Å². The summed E-state index contributed by atoms with van der Waals surface area (Å²) in [6, 6.07) is 0. The van der Waals surface area contributed by atoms with Crippen LogP contribution in [0.5, 0.6) is 0 Å². The minimum atomic E-state index is 0.636. The Balaban J connectivity index is 3.28. The van der Waals surface area contributed by atoms with Gasteiger partial charge in [-0.15, -0.1) is 0 Å². The first-order valence-corrected chi connectivity index (χ1v) is 4.62. The number of nitrogens with two attached hydrogens (primary N) is 1. The summed E-state index contributed by atoms with van der Waals surface area (Å²) in [5, 5.41) is 0. The van der Waals surface area contributed by atoms with Gasteiger partial charge in [0.05, 0.1) is 4.99 Å². The monoisotopic (exact) mass is 174 g/mol. The topological polar surface area (TPSA) is 29.3 Å². The molecule has 0 rings (SSSR count). The Morgan fingerprint density at radius 1 is 1.36 bits per heavy atom. The van der Waals surface area contributed by atoms with Crippen LogP contribution in [0, 0.1) is 0 Å². The van der Waals surface area contributed by atoms with Gasteiger partial charge in [0.25, 0.3) is 0 Å². The van der Waals surface area contributed by atoms with E-state index in [4.69, 9.17) is 18.0 Å². The first kappa shape index (κ1) is 10.8. The lowest BCUT2D eigenvalue weighted by molar-refractivity contribution is 0.302. The van der Waals surface area contributed by atoms with E-state index in [1.165, 1.54) is 0 Å². The lowest BCUT2D eigenvalue weighted by Gasteiger charge is -2.17. The highest BCUT2D eigenvalue weighted by molar-refractivity contribution is 7.80. The van der Waals surface area contributed by atoms with Gasteiger partial charge in [0.2, 0.25) is 0 Å². The molecular formula is C8H18N2S. The van der Waals surface area contributed by atoms with Crippen LogP contribution in [-0.4, -0.2) is 29.5 Å². The Bertz CT molecular complexity index is 111. The van der Waals surface area contributed by atoms with Crippen LogP contribution >= 0.6 is 12.2 Å². The van der Waals surface area contributed by atoms with Gasteiger partial charge >= 0.3 is 0 Å². The smallest absolute Gasteiger partial charge is 0.0727 e. The van der Waals surface area contributed by atoms with Crippen LogP contribution in [0.4, 0.5) is 0 Å². The quantitative estimate of drug-likeness (QED) is 0.617. The van der Waals surface area contributed by atoms with Gasteiger partial charge in [-0.25, -0.2) is 0 Å². The molecule has 0 aliphatic carbocycles. The fraction of sp³-hybridized carbons (Fsp3) is 0.875. The fourth-order valence-electron chi connectivity index (χ4n) is 1.02. The van der Waals surface area contributed by atoms with Crippen molar-refractivity contribution in [2.24, 2.45) is 5.73 Å². The molecule has 0 atom stereocenters. The summed E-state index contributed by atoms with van der Waals surface area (Å²) in [5.41, 5.74) is 5.37. The van der Waals surface area contributed by atoms with Gasteiger partial charge in [-0.3, -0.25) is 0 Å². The summed E-state index contributed by atoms with van der Waals surface area (Å²) >= 11 is 4.78. The molecule has 0 aliphatic rings. The molecule has 0 fully saturated rings. The van der Waals surface area contributed by atoms with E-state index in [9.17, 15) is 0 Å². The normalized spacial score (nSPS) is 10.5. The minimum Gasteiger partial charge on any atom is -0.393 e. The maximum atomic E-state index is 5.37. The third-order valence-corrected chi connectivity index (χ3v) is 2.00. The van der Waals surface area contributed by atoms with Crippen molar-refractivity contribution in [3.05, 3.63) is 0 Å². The summed E-state index contributed by atoms with van der Waals surface area (Å²) in [7, 11) is 0. The zero-order chi connectivity index (χ0) is 8.69. The molecule has 0 aromatic rings. The molecule has 0 aromatic carbocycles. The molecular weight excluding hydrogens is 156 g/mol. The molecule has 0 bridgehead atoms. The number of thiocarbonyl (C=S) groups is 1. The average Bonchev–Trinajstić information content (AvgIpc) is 1.98. The predicted octanol–water partition coefficient (Wildman–Crippen LogP) is 1.39. The van der Waals surface area contributed by atoms with Crippen molar-refractivity contribution in [3.63, 3.8) is 0 Å². The SMILES string of the molecule is CCN(CC)CCCC(N)=S. The Kier molecular flexibility index (Phi) is 6.46. The molecule has 2 nitrogen and oxygen atoms in total. The van der Waals surface area contributed by atoms with Gasteiger partial charge in [-0.1, -0.05) is 26.1 Å². The van der Waals surface area contributed by atoms with Crippen molar-refractivity contribution in [2.45, 2.75) is 26.7 Å². The minimum absolute atomic E-state index is 0.636. The number of hydrogen-bond acceptors (Lipinski definition) is 2. The zero-order valence-electron chi connectivity index (χ0n) is 7.47. The highest BCUT2D eigenvalue weighted by Crippen LogP contribution is 1.94. The maximum Gasteiger partial charge on any atom is 0.0727 e. The Morgan fingerprint density at radius 3 is 2.27 bits per heavy atom. The van der Waals surface area contributed by atoms with E-state index in [1.807, 2.05) is 0 Å². The fourth-order valence-corrected chi connectivity index (χ4v) is 1.16. The van der Waals surface area contributed by atoms with E-state index in [1.54, 1.807) is 0 Å². The second-order valence-electron chi connectivity index (χ2n) is 2.60. The van der Waals surface area contributed by atoms with Crippen LogP contribution in [0.15, 0.2) is 0 Å². The molecule has 0 heterocycles. The summed E-state index contributed by atoms with van der Waals surface area (Å²) in [5.74, 6) is 0. The van der Waals surface area contributed by atoms with Gasteiger partial charge in [0.15, 0.2) is 0 Å². The largest absolute Gasteiger partial charge is 0.393 e. The van der Waals surface area contributed by atoms with Gasteiger partial charge in [0.1, 0.15) is 0 Å². The van der Waals surface area contributed by atoms with Crippen molar-refractivity contribution in [1.29, 1.82) is 0 Å². The molecule has 0 saturated carbocycles. The second kappa shape index (κ2) is 6.55. The summed E-state index contributed by atoms with van der Waals surface area (Å²) in [4.78, 5) is 3.01. The first-order chi connectivity index (χ1) is 5.20. The third-order valence-electron chi connectivity index (χ3n) is 1.79. The third kappa shape index (κ3) is 6.26. The Morgan fingerprint density at radius 2 is 1.91 bits per heavy atom. The van der Waals surface area contributed by atoms with Crippen LogP contribution in [0.2, 0.25) is 0 Å². The number of nitrogens with zero attached hydrogens (tertiary/aromatic N) is 1.